The number of hydrogen-bond acceptors (Lipinski definition) is 1. The molecule has 1 heteroatoms. The van der Waals surface area contributed by atoms with Crippen molar-refractivity contribution in [2.45, 2.75) is 26.2 Å². The van der Waals surface area contributed by atoms with Crippen molar-refractivity contribution >= 4 is 0 Å². The molecular weight excluding hydrogens is 134 g/mol. The summed E-state index contributed by atoms with van der Waals surface area (Å²) >= 11 is 0. The Morgan fingerprint density at radius 3 is 1.73 bits per heavy atom. The van der Waals surface area contributed by atoms with Crippen LogP contribution in [0.3, 0.4) is 0 Å². The predicted octanol–water partition coefficient (Wildman–Crippen LogP) is 2.89. The molecule has 0 spiro atoms. The maximum Gasteiger partial charge on any atom is 0.0267 e. The lowest BCUT2D eigenvalue weighted by Gasteiger charge is -2.18. The van der Waals surface area contributed by atoms with E-state index < -0.39 is 0 Å². The second-order valence-corrected chi connectivity index (χ2v) is 3.06. The first-order valence-corrected chi connectivity index (χ1v) is 4.24. The van der Waals surface area contributed by atoms with Gasteiger partial charge in [-0.1, -0.05) is 32.3 Å². The molecule has 0 radical (unpaired) electrons. The molecule has 1 aliphatic carbocycles. The zero-order valence-electron chi connectivity index (χ0n) is 7.03. The second-order valence-electron chi connectivity index (χ2n) is 3.06. The van der Waals surface area contributed by atoms with Crippen molar-refractivity contribution < 1.29 is 0 Å². The van der Waals surface area contributed by atoms with E-state index in [1.807, 2.05) is 18.2 Å². The van der Waals surface area contributed by atoms with Gasteiger partial charge in [0, 0.05) is 12.4 Å². The minimum Gasteiger partial charge on any atom is -0.265 e. The quantitative estimate of drug-likeness (QED) is 0.552. The molecular formula is C10H15N. The Bertz CT molecular complexity index is 141. The van der Waals surface area contributed by atoms with Crippen LogP contribution in [0.25, 0.3) is 0 Å². The first-order chi connectivity index (χ1) is 5.39. The minimum absolute atomic E-state index is 1.06. The molecule has 1 aliphatic rings. The average molecular weight is 149 g/mol. The Kier molecular flexibility index (Phi) is 3.67. The van der Waals surface area contributed by atoms with Gasteiger partial charge in [0.1, 0.15) is 0 Å². The van der Waals surface area contributed by atoms with Crippen molar-refractivity contribution in [1.82, 2.24) is 4.98 Å². The molecule has 0 bridgehead atoms. The van der Waals surface area contributed by atoms with Crippen molar-refractivity contribution in [2.24, 2.45) is 5.92 Å². The molecule has 2 rings (SSSR count). The lowest BCUT2D eigenvalue weighted by Crippen LogP contribution is -2.04. The van der Waals surface area contributed by atoms with E-state index in [0.717, 1.165) is 5.92 Å². The summed E-state index contributed by atoms with van der Waals surface area (Å²) < 4.78 is 0. The van der Waals surface area contributed by atoms with Crippen molar-refractivity contribution in [3.8, 4) is 0 Å². The molecule has 0 N–H and O–H groups in total. The third kappa shape index (κ3) is 3.76. The highest BCUT2D eigenvalue weighted by molar-refractivity contribution is 4.88. The molecule has 11 heavy (non-hydrogen) atoms. The van der Waals surface area contributed by atoms with Gasteiger partial charge in [0.2, 0.25) is 0 Å². The third-order valence-corrected chi connectivity index (χ3v) is 1.96. The third-order valence-electron chi connectivity index (χ3n) is 1.96. The molecule has 0 atom stereocenters. The summed E-state index contributed by atoms with van der Waals surface area (Å²) in [6.45, 7) is 2.31. The van der Waals surface area contributed by atoms with E-state index in [1.165, 1.54) is 19.3 Å². The molecule has 1 aromatic heterocycles. The summed E-state index contributed by atoms with van der Waals surface area (Å²) in [6.07, 6.45) is 7.96. The normalized spacial score (nSPS) is 16.1. The van der Waals surface area contributed by atoms with E-state index in [9.17, 15) is 0 Å². The van der Waals surface area contributed by atoms with Gasteiger partial charge in [-0.25, -0.2) is 0 Å². The van der Waals surface area contributed by atoms with E-state index >= 15 is 0 Å². The average Bonchev–Trinajstić information content (AvgIpc) is 2.05. The second kappa shape index (κ2) is 4.89. The maximum absolute atomic E-state index is 3.78. The minimum atomic E-state index is 1.06. The first kappa shape index (κ1) is 8.25. The number of nitrogens with zero attached hydrogens (tertiary/aromatic N) is 1. The zero-order chi connectivity index (χ0) is 7.94. The maximum atomic E-state index is 3.78. The SMILES string of the molecule is CC1CCC1.c1ccncc1. The molecule has 0 aromatic carbocycles. The summed E-state index contributed by atoms with van der Waals surface area (Å²) in [5.41, 5.74) is 0. The summed E-state index contributed by atoms with van der Waals surface area (Å²) in [6, 6.07) is 5.72. The standard InChI is InChI=1S/C5H5N.C5H10/c1-2-4-6-5-3-1;1-5-3-2-4-5/h1-5H;5H,2-4H2,1H3. The van der Waals surface area contributed by atoms with Gasteiger partial charge in [-0.15, -0.1) is 0 Å². The Labute approximate surface area is 68.5 Å². The van der Waals surface area contributed by atoms with Gasteiger partial charge in [-0.3, -0.25) is 4.98 Å². The number of hydrogen-bond donors (Lipinski definition) is 0. The van der Waals surface area contributed by atoms with Crippen molar-refractivity contribution in [1.29, 1.82) is 0 Å². The Morgan fingerprint density at radius 1 is 1.09 bits per heavy atom. The van der Waals surface area contributed by atoms with E-state index in [1.54, 1.807) is 12.4 Å². The highest BCUT2D eigenvalue weighted by atomic mass is 14.6. The van der Waals surface area contributed by atoms with Crippen LogP contribution in [0.15, 0.2) is 30.6 Å². The van der Waals surface area contributed by atoms with Gasteiger partial charge < -0.3 is 0 Å². The molecule has 0 amide bonds. The Morgan fingerprint density at radius 2 is 1.64 bits per heavy atom. The molecule has 0 saturated heterocycles. The van der Waals surface area contributed by atoms with Crippen LogP contribution in [0, 0.1) is 5.92 Å². The molecule has 0 aliphatic heterocycles. The van der Waals surface area contributed by atoms with Crippen LogP contribution in [0.5, 0.6) is 0 Å². The lowest BCUT2D eigenvalue weighted by atomic mass is 9.88. The monoisotopic (exact) mass is 149 g/mol. The van der Waals surface area contributed by atoms with Crippen LogP contribution in [0.1, 0.15) is 26.2 Å². The highest BCUT2D eigenvalue weighted by Crippen LogP contribution is 2.24. The Balaban J connectivity index is 0.000000112. The van der Waals surface area contributed by atoms with Crippen molar-refractivity contribution in [3.63, 3.8) is 0 Å². The fourth-order valence-electron chi connectivity index (χ4n) is 0.925. The highest BCUT2D eigenvalue weighted by Gasteiger charge is 2.09. The van der Waals surface area contributed by atoms with Crippen LogP contribution in [0.2, 0.25) is 0 Å². The number of rotatable bonds is 0. The summed E-state index contributed by atoms with van der Waals surface area (Å²) in [7, 11) is 0. The summed E-state index contributed by atoms with van der Waals surface area (Å²) in [5.74, 6) is 1.06. The predicted molar refractivity (Wildman–Crippen MR) is 47.3 cm³/mol. The number of pyridine rings is 1. The fourth-order valence-corrected chi connectivity index (χ4v) is 0.925. The van der Waals surface area contributed by atoms with Gasteiger partial charge >= 0.3 is 0 Å². The van der Waals surface area contributed by atoms with E-state index in [-0.39, 0.29) is 0 Å². The van der Waals surface area contributed by atoms with E-state index in [2.05, 4.69) is 11.9 Å². The van der Waals surface area contributed by atoms with Crippen LogP contribution in [-0.4, -0.2) is 4.98 Å². The van der Waals surface area contributed by atoms with Crippen LogP contribution in [0.4, 0.5) is 0 Å². The van der Waals surface area contributed by atoms with Gasteiger partial charge in [-0.2, -0.15) is 0 Å². The van der Waals surface area contributed by atoms with Gasteiger partial charge in [-0.05, 0) is 18.1 Å². The largest absolute Gasteiger partial charge is 0.265 e. The van der Waals surface area contributed by atoms with Gasteiger partial charge in [0.15, 0.2) is 0 Å². The van der Waals surface area contributed by atoms with Crippen LogP contribution >= 0.6 is 0 Å². The number of aromatic nitrogens is 1. The van der Waals surface area contributed by atoms with Gasteiger partial charge in [0.05, 0.1) is 0 Å². The molecule has 1 nitrogen and oxygen atoms in total. The topological polar surface area (TPSA) is 12.9 Å². The van der Waals surface area contributed by atoms with Crippen molar-refractivity contribution in [3.05, 3.63) is 30.6 Å². The van der Waals surface area contributed by atoms with Crippen LogP contribution in [-0.2, 0) is 0 Å². The first-order valence-electron chi connectivity index (χ1n) is 4.24. The molecule has 60 valence electrons. The summed E-state index contributed by atoms with van der Waals surface area (Å²) in [4.78, 5) is 3.78. The molecule has 1 heterocycles. The van der Waals surface area contributed by atoms with Gasteiger partial charge in [0.25, 0.3) is 0 Å². The fraction of sp³-hybridized carbons (Fsp3) is 0.500. The Hall–Kier alpha value is -0.850. The van der Waals surface area contributed by atoms with Crippen molar-refractivity contribution in [2.75, 3.05) is 0 Å². The molecule has 1 aromatic rings. The van der Waals surface area contributed by atoms with Crippen LogP contribution < -0.4 is 0 Å². The molecule has 0 unspecified atom stereocenters. The molecule has 1 saturated carbocycles. The van der Waals surface area contributed by atoms with E-state index in [4.69, 9.17) is 0 Å². The smallest absolute Gasteiger partial charge is 0.0267 e. The van der Waals surface area contributed by atoms with E-state index in [0.29, 0.717) is 0 Å². The molecule has 1 fully saturated rings. The summed E-state index contributed by atoms with van der Waals surface area (Å²) in [5, 5.41) is 0. The lowest BCUT2D eigenvalue weighted by molar-refractivity contribution is 0.346. The zero-order valence-corrected chi connectivity index (χ0v) is 7.03.